The summed E-state index contributed by atoms with van der Waals surface area (Å²) in [4.78, 5) is 9.28. The first-order valence-corrected chi connectivity index (χ1v) is 7.37. The molecule has 2 atom stereocenters. The molecule has 1 aromatic rings. The van der Waals surface area contributed by atoms with Gasteiger partial charge in [0.2, 0.25) is 5.88 Å². The second-order valence-electron chi connectivity index (χ2n) is 5.36. The van der Waals surface area contributed by atoms with E-state index >= 15 is 0 Å². The Balaban J connectivity index is 2.07. The zero-order chi connectivity index (χ0) is 14.5. The topological polar surface area (TPSA) is 54.6 Å². The van der Waals surface area contributed by atoms with Crippen LogP contribution in [0.5, 0.6) is 5.88 Å². The predicted octanol–water partition coefficient (Wildman–Crippen LogP) is 1.12. The lowest BCUT2D eigenvalue weighted by molar-refractivity contribution is 0.0605. The van der Waals surface area contributed by atoms with E-state index in [0.717, 1.165) is 26.2 Å². The molecule has 1 aromatic heterocycles. The second kappa shape index (κ2) is 7.02. The van der Waals surface area contributed by atoms with Crippen molar-refractivity contribution in [3.8, 4) is 5.88 Å². The fourth-order valence-electron chi connectivity index (χ4n) is 2.98. The molecule has 0 amide bonds. The van der Waals surface area contributed by atoms with Crippen molar-refractivity contribution >= 4 is 0 Å². The molecule has 5 heteroatoms. The fourth-order valence-corrected chi connectivity index (χ4v) is 2.98. The third kappa shape index (κ3) is 3.29. The summed E-state index contributed by atoms with van der Waals surface area (Å²) in [5, 5.41) is 0. The van der Waals surface area contributed by atoms with Crippen LogP contribution in [0.2, 0.25) is 0 Å². The maximum atomic E-state index is 6.00. The average molecular weight is 278 g/mol. The van der Waals surface area contributed by atoms with Crippen LogP contribution >= 0.6 is 0 Å². The molecule has 1 aliphatic heterocycles. The zero-order valence-corrected chi connectivity index (χ0v) is 12.7. The van der Waals surface area contributed by atoms with Crippen LogP contribution in [-0.2, 0) is 0 Å². The normalized spacial score (nSPS) is 22.7. The van der Waals surface area contributed by atoms with Crippen LogP contribution in [0.3, 0.4) is 0 Å². The van der Waals surface area contributed by atoms with Crippen molar-refractivity contribution in [3.63, 3.8) is 0 Å². The molecule has 0 aliphatic carbocycles. The first-order valence-electron chi connectivity index (χ1n) is 7.37. The van der Waals surface area contributed by atoms with Crippen molar-refractivity contribution in [3.05, 3.63) is 23.9 Å². The minimum Gasteiger partial charge on any atom is -0.481 e. The highest BCUT2D eigenvalue weighted by Gasteiger charge is 2.27. The highest BCUT2D eigenvalue weighted by Crippen LogP contribution is 2.23. The largest absolute Gasteiger partial charge is 0.481 e. The molecule has 1 fully saturated rings. The smallest absolute Gasteiger partial charge is 0.212 e. The zero-order valence-electron chi connectivity index (χ0n) is 12.7. The molecule has 20 heavy (non-hydrogen) atoms. The third-order valence-electron chi connectivity index (χ3n) is 4.22. The third-order valence-corrected chi connectivity index (χ3v) is 4.22. The first kappa shape index (κ1) is 15.2. The fraction of sp³-hybridized carbons (Fsp3) is 0.667. The van der Waals surface area contributed by atoms with Crippen molar-refractivity contribution in [1.82, 2.24) is 14.8 Å². The van der Waals surface area contributed by atoms with Crippen LogP contribution in [0.1, 0.15) is 25.5 Å². The number of rotatable bonds is 5. The van der Waals surface area contributed by atoms with Gasteiger partial charge in [-0.15, -0.1) is 0 Å². The lowest BCUT2D eigenvalue weighted by Gasteiger charge is -2.42. The number of aromatic nitrogens is 1. The number of nitrogens with zero attached hydrogens (tertiary/aromatic N) is 3. The van der Waals surface area contributed by atoms with Gasteiger partial charge in [-0.1, -0.05) is 13.0 Å². The number of pyridine rings is 1. The summed E-state index contributed by atoms with van der Waals surface area (Å²) in [5.41, 5.74) is 7.18. The SMILES string of the molecule is CCN1CCN(C(CN)c2ccc(OC)nc2)CC1C. The van der Waals surface area contributed by atoms with E-state index in [1.54, 1.807) is 7.11 Å². The van der Waals surface area contributed by atoms with Gasteiger partial charge < -0.3 is 10.5 Å². The molecule has 2 unspecified atom stereocenters. The molecule has 0 radical (unpaired) electrons. The van der Waals surface area contributed by atoms with Crippen molar-refractivity contribution in [2.75, 3.05) is 39.8 Å². The monoisotopic (exact) mass is 278 g/mol. The lowest BCUT2D eigenvalue weighted by Crippen LogP contribution is -2.53. The number of hydrogen-bond donors (Lipinski definition) is 1. The van der Waals surface area contributed by atoms with E-state index in [1.165, 1.54) is 5.56 Å². The molecule has 5 nitrogen and oxygen atoms in total. The number of ether oxygens (including phenoxy) is 1. The quantitative estimate of drug-likeness (QED) is 0.874. The van der Waals surface area contributed by atoms with Gasteiger partial charge in [-0.25, -0.2) is 4.98 Å². The summed E-state index contributed by atoms with van der Waals surface area (Å²) in [7, 11) is 1.63. The standard InChI is InChI=1S/C15H26N4O/c1-4-18-7-8-19(11-12(18)2)14(9-16)13-5-6-15(20-3)17-10-13/h5-6,10,12,14H,4,7-9,11,16H2,1-3H3. The minimum absolute atomic E-state index is 0.245. The Labute approximate surface area is 121 Å². The van der Waals surface area contributed by atoms with E-state index in [-0.39, 0.29) is 6.04 Å². The van der Waals surface area contributed by atoms with Crippen LogP contribution in [0.25, 0.3) is 0 Å². The van der Waals surface area contributed by atoms with Crippen molar-refractivity contribution in [2.24, 2.45) is 5.73 Å². The van der Waals surface area contributed by atoms with Crippen LogP contribution in [-0.4, -0.2) is 60.7 Å². The van der Waals surface area contributed by atoms with Gasteiger partial charge in [0.1, 0.15) is 0 Å². The van der Waals surface area contributed by atoms with Crippen LogP contribution in [0.4, 0.5) is 0 Å². The highest BCUT2D eigenvalue weighted by atomic mass is 16.5. The Morgan fingerprint density at radius 1 is 1.45 bits per heavy atom. The second-order valence-corrected chi connectivity index (χ2v) is 5.36. The molecule has 0 saturated carbocycles. The molecule has 112 valence electrons. The average Bonchev–Trinajstić information content (AvgIpc) is 2.49. The summed E-state index contributed by atoms with van der Waals surface area (Å²) in [6, 6.07) is 4.80. The van der Waals surface area contributed by atoms with Crippen LogP contribution in [0.15, 0.2) is 18.3 Å². The molecule has 2 rings (SSSR count). The van der Waals surface area contributed by atoms with E-state index in [9.17, 15) is 0 Å². The molecular weight excluding hydrogens is 252 g/mol. The van der Waals surface area contributed by atoms with Gasteiger partial charge >= 0.3 is 0 Å². The molecule has 0 aromatic carbocycles. The Hall–Kier alpha value is -1.17. The number of hydrogen-bond acceptors (Lipinski definition) is 5. The highest BCUT2D eigenvalue weighted by molar-refractivity contribution is 5.21. The maximum Gasteiger partial charge on any atom is 0.212 e. The Kier molecular flexibility index (Phi) is 5.34. The van der Waals surface area contributed by atoms with E-state index in [1.807, 2.05) is 12.3 Å². The molecule has 0 bridgehead atoms. The van der Waals surface area contributed by atoms with Gasteiger partial charge in [0.05, 0.1) is 7.11 Å². The summed E-state index contributed by atoms with van der Waals surface area (Å²) < 4.78 is 5.11. The summed E-state index contributed by atoms with van der Waals surface area (Å²) in [6.45, 7) is 9.47. The van der Waals surface area contributed by atoms with Gasteiger partial charge in [0.25, 0.3) is 0 Å². The first-order chi connectivity index (χ1) is 9.69. The van der Waals surface area contributed by atoms with Crippen LogP contribution < -0.4 is 10.5 Å². The van der Waals surface area contributed by atoms with E-state index in [2.05, 4.69) is 34.7 Å². The van der Waals surface area contributed by atoms with Crippen molar-refractivity contribution < 1.29 is 4.74 Å². The van der Waals surface area contributed by atoms with Crippen molar-refractivity contribution in [1.29, 1.82) is 0 Å². The number of nitrogens with two attached hydrogens (primary N) is 1. The van der Waals surface area contributed by atoms with E-state index < -0.39 is 0 Å². The summed E-state index contributed by atoms with van der Waals surface area (Å²) in [6.07, 6.45) is 1.88. The molecule has 2 heterocycles. The molecule has 0 spiro atoms. The predicted molar refractivity (Wildman–Crippen MR) is 80.9 cm³/mol. The van der Waals surface area contributed by atoms with Gasteiger partial charge in [0.15, 0.2) is 0 Å². The Bertz CT molecular complexity index is 409. The van der Waals surface area contributed by atoms with E-state index in [0.29, 0.717) is 18.5 Å². The van der Waals surface area contributed by atoms with Gasteiger partial charge in [-0.05, 0) is 19.0 Å². The lowest BCUT2D eigenvalue weighted by atomic mass is 10.0. The molecule has 1 saturated heterocycles. The Morgan fingerprint density at radius 3 is 2.75 bits per heavy atom. The number of piperazine rings is 1. The maximum absolute atomic E-state index is 6.00. The number of likely N-dealkylation sites (N-methyl/N-ethyl adjacent to an activating group) is 1. The Morgan fingerprint density at radius 2 is 2.25 bits per heavy atom. The van der Waals surface area contributed by atoms with E-state index in [4.69, 9.17) is 10.5 Å². The van der Waals surface area contributed by atoms with Crippen molar-refractivity contribution in [2.45, 2.75) is 25.9 Å². The molecular formula is C15H26N4O. The molecule has 1 aliphatic rings. The van der Waals surface area contributed by atoms with Gasteiger partial charge in [-0.3, -0.25) is 9.80 Å². The molecule has 2 N–H and O–H groups in total. The van der Waals surface area contributed by atoms with Gasteiger partial charge in [0, 0.05) is 50.5 Å². The summed E-state index contributed by atoms with van der Waals surface area (Å²) >= 11 is 0. The van der Waals surface area contributed by atoms with Crippen LogP contribution in [0, 0.1) is 0 Å². The number of methoxy groups -OCH3 is 1. The minimum atomic E-state index is 0.245. The van der Waals surface area contributed by atoms with Gasteiger partial charge in [-0.2, -0.15) is 0 Å². The summed E-state index contributed by atoms with van der Waals surface area (Å²) in [5.74, 6) is 0.647.